The summed E-state index contributed by atoms with van der Waals surface area (Å²) in [5.41, 5.74) is 3.31. The third-order valence-electron chi connectivity index (χ3n) is 4.89. The van der Waals surface area contributed by atoms with Crippen molar-refractivity contribution in [2.75, 3.05) is 11.9 Å². The van der Waals surface area contributed by atoms with Gasteiger partial charge in [0, 0.05) is 30.7 Å². The summed E-state index contributed by atoms with van der Waals surface area (Å²) in [5, 5.41) is 3.13. The van der Waals surface area contributed by atoms with E-state index < -0.39 is 11.7 Å². The molecular formula is C22H18F3N3O. The van der Waals surface area contributed by atoms with Crippen molar-refractivity contribution in [1.29, 1.82) is 0 Å². The molecule has 1 aliphatic heterocycles. The monoisotopic (exact) mass is 397 g/mol. The molecule has 0 bridgehead atoms. The highest BCUT2D eigenvalue weighted by molar-refractivity contribution is 5.92. The molecule has 0 spiro atoms. The molecule has 148 valence electrons. The first kappa shape index (κ1) is 19.0. The lowest BCUT2D eigenvalue weighted by molar-refractivity contribution is -0.137. The molecule has 0 radical (unpaired) electrons. The zero-order valence-corrected chi connectivity index (χ0v) is 15.4. The molecule has 0 aliphatic carbocycles. The van der Waals surface area contributed by atoms with Crippen molar-refractivity contribution in [2.24, 2.45) is 0 Å². The Labute approximate surface area is 166 Å². The van der Waals surface area contributed by atoms with Crippen LogP contribution in [0.1, 0.15) is 27.2 Å². The second kappa shape index (κ2) is 7.58. The van der Waals surface area contributed by atoms with Crippen molar-refractivity contribution >= 4 is 17.3 Å². The summed E-state index contributed by atoms with van der Waals surface area (Å²) >= 11 is 0. The fourth-order valence-electron chi connectivity index (χ4n) is 3.36. The number of nitrogens with zero attached hydrogens (tertiary/aromatic N) is 2. The van der Waals surface area contributed by atoms with E-state index >= 15 is 0 Å². The number of halogens is 3. The van der Waals surface area contributed by atoms with Gasteiger partial charge in [0.05, 0.1) is 5.56 Å². The van der Waals surface area contributed by atoms with Gasteiger partial charge in [-0.3, -0.25) is 9.78 Å². The maximum absolute atomic E-state index is 12.7. The topological polar surface area (TPSA) is 45.2 Å². The lowest BCUT2D eigenvalue weighted by Gasteiger charge is -2.29. The van der Waals surface area contributed by atoms with Gasteiger partial charge >= 0.3 is 6.18 Å². The lowest BCUT2D eigenvalue weighted by atomic mass is 9.98. The Morgan fingerprint density at radius 2 is 1.72 bits per heavy atom. The van der Waals surface area contributed by atoms with Gasteiger partial charge in [-0.15, -0.1) is 0 Å². The van der Waals surface area contributed by atoms with E-state index in [1.54, 1.807) is 29.3 Å². The summed E-state index contributed by atoms with van der Waals surface area (Å²) < 4.78 is 38.0. The average molecular weight is 397 g/mol. The summed E-state index contributed by atoms with van der Waals surface area (Å²) in [7, 11) is 0. The van der Waals surface area contributed by atoms with E-state index in [1.165, 1.54) is 12.1 Å². The number of anilines is 2. The number of aromatic nitrogens is 1. The van der Waals surface area contributed by atoms with Gasteiger partial charge in [-0.05, 0) is 66.1 Å². The molecule has 4 nitrogen and oxygen atoms in total. The number of alkyl halides is 3. The molecule has 0 unspecified atom stereocenters. The summed E-state index contributed by atoms with van der Waals surface area (Å²) in [5.74, 6) is -0.0943. The van der Waals surface area contributed by atoms with Crippen LogP contribution in [-0.2, 0) is 19.1 Å². The Hall–Kier alpha value is -3.35. The molecule has 2 heterocycles. The van der Waals surface area contributed by atoms with Crippen LogP contribution in [0, 0.1) is 0 Å². The fraction of sp³-hybridized carbons (Fsp3) is 0.182. The number of carbonyl (C=O) groups is 1. The molecular weight excluding hydrogens is 379 g/mol. The van der Waals surface area contributed by atoms with Crippen molar-refractivity contribution in [2.45, 2.75) is 19.1 Å². The highest BCUT2D eigenvalue weighted by Gasteiger charge is 2.30. The number of hydrogen-bond donors (Lipinski definition) is 1. The van der Waals surface area contributed by atoms with Crippen LogP contribution in [0.15, 0.2) is 66.9 Å². The third-order valence-corrected chi connectivity index (χ3v) is 4.89. The van der Waals surface area contributed by atoms with Crippen LogP contribution in [-0.4, -0.2) is 22.3 Å². The number of hydrogen-bond acceptors (Lipinski definition) is 3. The largest absolute Gasteiger partial charge is 0.416 e. The van der Waals surface area contributed by atoms with E-state index in [4.69, 9.17) is 0 Å². The summed E-state index contributed by atoms with van der Waals surface area (Å²) in [6.45, 7) is 1.09. The molecule has 0 saturated carbocycles. The van der Waals surface area contributed by atoms with Gasteiger partial charge in [-0.1, -0.05) is 12.1 Å². The van der Waals surface area contributed by atoms with E-state index in [0.29, 0.717) is 30.9 Å². The van der Waals surface area contributed by atoms with Crippen LogP contribution in [0.2, 0.25) is 0 Å². The van der Waals surface area contributed by atoms with E-state index in [1.807, 2.05) is 18.2 Å². The quantitative estimate of drug-likeness (QED) is 0.673. The van der Waals surface area contributed by atoms with E-state index in [9.17, 15) is 18.0 Å². The first-order valence-electron chi connectivity index (χ1n) is 9.16. The van der Waals surface area contributed by atoms with Crippen LogP contribution in [0.4, 0.5) is 24.5 Å². The maximum atomic E-state index is 12.7. The van der Waals surface area contributed by atoms with Gasteiger partial charge in [0.1, 0.15) is 5.69 Å². The fourth-order valence-corrected chi connectivity index (χ4v) is 3.36. The van der Waals surface area contributed by atoms with Gasteiger partial charge in [0.25, 0.3) is 5.91 Å². The van der Waals surface area contributed by atoms with E-state index in [0.717, 1.165) is 28.9 Å². The molecule has 1 N–H and O–H groups in total. The van der Waals surface area contributed by atoms with Crippen molar-refractivity contribution < 1.29 is 18.0 Å². The number of pyridine rings is 1. The Balaban J connectivity index is 1.46. The van der Waals surface area contributed by atoms with Crippen LogP contribution in [0.3, 0.4) is 0 Å². The van der Waals surface area contributed by atoms with Crippen molar-refractivity contribution in [3.8, 4) is 0 Å². The van der Waals surface area contributed by atoms with Crippen LogP contribution < -0.4 is 5.32 Å². The van der Waals surface area contributed by atoms with Gasteiger partial charge in [-0.2, -0.15) is 13.2 Å². The number of benzene rings is 2. The molecule has 2 aromatic carbocycles. The zero-order valence-electron chi connectivity index (χ0n) is 15.4. The molecule has 3 aromatic rings. The SMILES string of the molecule is O=C(c1ccccn1)N1CCc2cc(Nc3ccc(C(F)(F)F)cc3)ccc2C1. The number of amides is 1. The second-order valence-corrected chi connectivity index (χ2v) is 6.88. The highest BCUT2D eigenvalue weighted by atomic mass is 19.4. The smallest absolute Gasteiger partial charge is 0.356 e. The number of rotatable bonds is 3. The van der Waals surface area contributed by atoms with Crippen LogP contribution in [0.5, 0.6) is 0 Å². The molecule has 1 aromatic heterocycles. The molecule has 4 rings (SSSR count). The van der Waals surface area contributed by atoms with E-state index in [2.05, 4.69) is 10.3 Å². The first-order valence-corrected chi connectivity index (χ1v) is 9.16. The van der Waals surface area contributed by atoms with Gasteiger partial charge in [0.2, 0.25) is 0 Å². The van der Waals surface area contributed by atoms with Crippen molar-refractivity contribution in [3.63, 3.8) is 0 Å². The van der Waals surface area contributed by atoms with Gasteiger partial charge < -0.3 is 10.2 Å². The van der Waals surface area contributed by atoms with Gasteiger partial charge in [0.15, 0.2) is 0 Å². The normalized spacial score (nSPS) is 13.7. The minimum Gasteiger partial charge on any atom is -0.356 e. The molecule has 0 atom stereocenters. The molecule has 1 aliphatic rings. The van der Waals surface area contributed by atoms with Crippen LogP contribution in [0.25, 0.3) is 0 Å². The number of nitrogens with one attached hydrogen (secondary N) is 1. The Bertz CT molecular complexity index is 1020. The second-order valence-electron chi connectivity index (χ2n) is 6.88. The Kier molecular flexibility index (Phi) is 4.96. The molecule has 7 heteroatoms. The van der Waals surface area contributed by atoms with Gasteiger partial charge in [-0.25, -0.2) is 0 Å². The predicted molar refractivity (Wildman–Crippen MR) is 104 cm³/mol. The molecule has 0 saturated heterocycles. The highest BCUT2D eigenvalue weighted by Crippen LogP contribution is 2.31. The standard InChI is InChI=1S/C22H18F3N3O/c23-22(24,25)17-5-8-18(9-6-17)27-19-7-4-16-14-28(12-10-15(16)13-19)21(29)20-3-1-2-11-26-20/h1-9,11,13,27H,10,12,14H2. The third kappa shape index (κ3) is 4.23. The summed E-state index contributed by atoms with van der Waals surface area (Å²) in [6, 6.07) is 16.0. The zero-order chi connectivity index (χ0) is 20.4. The lowest BCUT2D eigenvalue weighted by Crippen LogP contribution is -2.36. The Morgan fingerprint density at radius 3 is 2.41 bits per heavy atom. The minimum atomic E-state index is -4.34. The maximum Gasteiger partial charge on any atom is 0.416 e. The Morgan fingerprint density at radius 1 is 0.966 bits per heavy atom. The molecule has 29 heavy (non-hydrogen) atoms. The van der Waals surface area contributed by atoms with E-state index in [-0.39, 0.29) is 5.91 Å². The van der Waals surface area contributed by atoms with Crippen molar-refractivity contribution in [1.82, 2.24) is 9.88 Å². The molecule has 1 amide bonds. The minimum absolute atomic E-state index is 0.0943. The first-order chi connectivity index (χ1) is 13.9. The van der Waals surface area contributed by atoms with Crippen molar-refractivity contribution in [3.05, 3.63) is 89.2 Å². The molecule has 0 fully saturated rings. The summed E-state index contributed by atoms with van der Waals surface area (Å²) in [6.07, 6.45) is -2.04. The summed E-state index contributed by atoms with van der Waals surface area (Å²) in [4.78, 5) is 18.5. The number of fused-ring (bicyclic) bond motifs is 1. The number of carbonyl (C=O) groups excluding carboxylic acids is 1. The average Bonchev–Trinajstić information content (AvgIpc) is 2.73. The van der Waals surface area contributed by atoms with Crippen LogP contribution >= 0.6 is 0 Å². The predicted octanol–water partition coefficient (Wildman–Crippen LogP) is 5.04.